The molecule has 1 aromatic carbocycles. The second-order valence-electron chi connectivity index (χ2n) is 3.97. The summed E-state index contributed by atoms with van der Waals surface area (Å²) in [5, 5.41) is 18.8. The maximum absolute atomic E-state index is 10.6. The lowest BCUT2D eigenvalue weighted by Crippen LogP contribution is -2.29. The first-order valence-electron chi connectivity index (χ1n) is 5.67. The highest BCUT2D eigenvalue weighted by Gasteiger charge is 2.12. The first kappa shape index (κ1) is 14.0. The van der Waals surface area contributed by atoms with Gasteiger partial charge < -0.3 is 5.11 Å². The van der Waals surface area contributed by atoms with Crippen LogP contribution in [0.15, 0.2) is 30.3 Å². The van der Waals surface area contributed by atoms with Crippen molar-refractivity contribution in [2.45, 2.75) is 6.92 Å². The summed E-state index contributed by atoms with van der Waals surface area (Å²) in [6.07, 6.45) is -1.31. The molecule has 102 valence electrons. The molecule has 2 rings (SSSR count). The molecule has 0 bridgehead atoms. The van der Waals surface area contributed by atoms with Crippen LogP contribution in [-0.2, 0) is 0 Å². The molecule has 0 aliphatic rings. The highest BCUT2D eigenvalue weighted by Crippen LogP contribution is 2.26. The number of carboxylic acid groups (broad SMARTS) is 1. The minimum atomic E-state index is -1.31. The highest BCUT2D eigenvalue weighted by atomic mass is 35.5. The summed E-state index contributed by atoms with van der Waals surface area (Å²) < 4.78 is 0. The summed E-state index contributed by atoms with van der Waals surface area (Å²) in [7, 11) is 0. The van der Waals surface area contributed by atoms with Crippen LogP contribution in [0, 0.1) is 12.3 Å². The van der Waals surface area contributed by atoms with E-state index < -0.39 is 6.09 Å². The minimum Gasteiger partial charge on any atom is -0.465 e. The molecule has 3 N–H and O–H groups in total. The number of rotatable bonds is 2. The topological polar surface area (TPSA) is 99.0 Å². The van der Waals surface area contributed by atoms with Crippen molar-refractivity contribution in [2.24, 2.45) is 0 Å². The Morgan fingerprint density at radius 2 is 2.05 bits per heavy atom. The van der Waals surface area contributed by atoms with Crippen molar-refractivity contribution in [2.75, 3.05) is 0 Å². The van der Waals surface area contributed by atoms with E-state index in [1.165, 1.54) is 6.07 Å². The smallest absolute Gasteiger partial charge is 0.410 e. The molecule has 0 spiro atoms. The molecule has 0 atom stereocenters. The number of amidine groups is 1. The van der Waals surface area contributed by atoms with Crippen LogP contribution in [0.3, 0.4) is 0 Å². The van der Waals surface area contributed by atoms with Crippen molar-refractivity contribution in [1.82, 2.24) is 15.3 Å². The first-order chi connectivity index (χ1) is 9.47. The number of benzene rings is 1. The standard InChI is InChI=1S/C13H11ClN4O2/c1-7-16-10(8-4-2-3-5-9(8)14)6-11(17-7)12(15)18-13(19)20/h2-6H,1H3,(H2,15,18)(H,19,20). The zero-order valence-electron chi connectivity index (χ0n) is 10.5. The van der Waals surface area contributed by atoms with E-state index in [9.17, 15) is 4.79 Å². The minimum absolute atomic E-state index is 0.190. The van der Waals surface area contributed by atoms with Gasteiger partial charge in [0.15, 0.2) is 5.84 Å². The normalized spacial score (nSPS) is 10.1. The lowest BCUT2D eigenvalue weighted by Gasteiger charge is -2.08. The van der Waals surface area contributed by atoms with E-state index >= 15 is 0 Å². The molecule has 0 fully saturated rings. The van der Waals surface area contributed by atoms with Crippen LogP contribution in [0.1, 0.15) is 11.5 Å². The third kappa shape index (κ3) is 3.10. The number of aromatic nitrogens is 2. The van der Waals surface area contributed by atoms with Crippen molar-refractivity contribution in [3.63, 3.8) is 0 Å². The number of amides is 1. The SMILES string of the molecule is Cc1nc(C(=N)NC(=O)O)cc(-c2ccccc2Cl)n1. The van der Waals surface area contributed by atoms with Crippen molar-refractivity contribution >= 4 is 23.5 Å². The third-order valence-corrected chi connectivity index (χ3v) is 2.81. The molecule has 0 aliphatic heterocycles. The second kappa shape index (κ2) is 5.66. The van der Waals surface area contributed by atoms with Gasteiger partial charge in [0.2, 0.25) is 0 Å². The molecule has 20 heavy (non-hydrogen) atoms. The summed E-state index contributed by atoms with van der Waals surface area (Å²) in [4.78, 5) is 18.9. The van der Waals surface area contributed by atoms with E-state index in [-0.39, 0.29) is 11.5 Å². The van der Waals surface area contributed by atoms with Crippen LogP contribution in [0.4, 0.5) is 4.79 Å². The molecule has 7 heteroatoms. The summed E-state index contributed by atoms with van der Waals surface area (Å²) in [5.41, 5.74) is 1.42. The van der Waals surface area contributed by atoms with E-state index in [0.717, 1.165) is 0 Å². The molecule has 0 aliphatic carbocycles. The Kier molecular flexibility index (Phi) is 3.95. The van der Waals surface area contributed by atoms with Crippen LogP contribution >= 0.6 is 11.6 Å². The Labute approximate surface area is 120 Å². The molecule has 6 nitrogen and oxygen atoms in total. The molecular weight excluding hydrogens is 280 g/mol. The van der Waals surface area contributed by atoms with E-state index in [1.54, 1.807) is 25.1 Å². The summed E-state index contributed by atoms with van der Waals surface area (Å²) in [6.45, 7) is 1.66. The van der Waals surface area contributed by atoms with Gasteiger partial charge in [-0.3, -0.25) is 10.7 Å². The Morgan fingerprint density at radius 1 is 1.35 bits per heavy atom. The van der Waals surface area contributed by atoms with Gasteiger partial charge in [0, 0.05) is 10.6 Å². The zero-order valence-corrected chi connectivity index (χ0v) is 11.3. The average Bonchev–Trinajstić information content (AvgIpc) is 2.37. The Morgan fingerprint density at radius 3 is 2.70 bits per heavy atom. The van der Waals surface area contributed by atoms with Crippen molar-refractivity contribution < 1.29 is 9.90 Å². The molecule has 1 amide bonds. The van der Waals surface area contributed by atoms with Gasteiger partial charge in [-0.1, -0.05) is 29.8 Å². The van der Waals surface area contributed by atoms with Crippen LogP contribution < -0.4 is 5.32 Å². The number of nitrogens with one attached hydrogen (secondary N) is 2. The zero-order chi connectivity index (χ0) is 14.7. The fourth-order valence-electron chi connectivity index (χ4n) is 1.67. The van der Waals surface area contributed by atoms with Crippen molar-refractivity contribution in [3.05, 3.63) is 46.9 Å². The van der Waals surface area contributed by atoms with Gasteiger partial charge in [-0.15, -0.1) is 0 Å². The number of halogens is 1. The Balaban J connectivity index is 2.47. The molecular formula is C13H11ClN4O2. The van der Waals surface area contributed by atoms with E-state index in [2.05, 4.69) is 9.97 Å². The fourth-order valence-corrected chi connectivity index (χ4v) is 1.91. The maximum atomic E-state index is 10.6. The molecule has 0 saturated heterocycles. The number of nitrogens with zero attached hydrogens (tertiary/aromatic N) is 2. The first-order valence-corrected chi connectivity index (χ1v) is 6.04. The quantitative estimate of drug-likeness (QED) is 0.585. The molecule has 1 heterocycles. The monoisotopic (exact) mass is 290 g/mol. The van der Waals surface area contributed by atoms with Crippen molar-refractivity contribution in [1.29, 1.82) is 5.41 Å². The van der Waals surface area contributed by atoms with Gasteiger partial charge in [-0.05, 0) is 19.1 Å². The van der Waals surface area contributed by atoms with Gasteiger partial charge in [0.1, 0.15) is 11.5 Å². The van der Waals surface area contributed by atoms with Crippen LogP contribution in [0.25, 0.3) is 11.3 Å². The summed E-state index contributed by atoms with van der Waals surface area (Å²) in [5.74, 6) is 0.116. The van der Waals surface area contributed by atoms with Gasteiger partial charge >= 0.3 is 6.09 Å². The number of aryl methyl sites for hydroxylation is 1. The van der Waals surface area contributed by atoms with E-state index in [0.29, 0.717) is 22.1 Å². The number of hydrogen-bond donors (Lipinski definition) is 3. The summed E-state index contributed by atoms with van der Waals surface area (Å²) in [6, 6.07) is 8.66. The largest absolute Gasteiger partial charge is 0.465 e. The predicted molar refractivity (Wildman–Crippen MR) is 75.2 cm³/mol. The lowest BCUT2D eigenvalue weighted by molar-refractivity contribution is 0.200. The summed E-state index contributed by atoms with van der Waals surface area (Å²) >= 11 is 6.10. The van der Waals surface area contributed by atoms with Gasteiger partial charge in [-0.2, -0.15) is 0 Å². The third-order valence-electron chi connectivity index (χ3n) is 2.48. The van der Waals surface area contributed by atoms with Gasteiger partial charge in [0.05, 0.1) is 5.69 Å². The Bertz CT molecular complexity index is 688. The number of carbonyl (C=O) groups is 1. The van der Waals surface area contributed by atoms with Gasteiger partial charge in [0.25, 0.3) is 0 Å². The van der Waals surface area contributed by atoms with Crippen molar-refractivity contribution in [3.8, 4) is 11.3 Å². The van der Waals surface area contributed by atoms with E-state index in [4.69, 9.17) is 22.1 Å². The second-order valence-corrected chi connectivity index (χ2v) is 4.38. The molecule has 1 aromatic heterocycles. The van der Waals surface area contributed by atoms with Crippen LogP contribution in [0.2, 0.25) is 5.02 Å². The predicted octanol–water partition coefficient (Wildman–Crippen LogP) is 2.70. The lowest BCUT2D eigenvalue weighted by atomic mass is 10.1. The van der Waals surface area contributed by atoms with Gasteiger partial charge in [-0.25, -0.2) is 14.8 Å². The average molecular weight is 291 g/mol. The molecule has 2 aromatic rings. The molecule has 0 radical (unpaired) electrons. The Hall–Kier alpha value is -2.47. The number of hydrogen-bond acceptors (Lipinski definition) is 4. The molecule has 0 unspecified atom stereocenters. The molecule has 0 saturated carbocycles. The highest BCUT2D eigenvalue weighted by molar-refractivity contribution is 6.33. The van der Waals surface area contributed by atoms with Crippen LogP contribution in [0.5, 0.6) is 0 Å². The maximum Gasteiger partial charge on any atom is 0.410 e. The van der Waals surface area contributed by atoms with E-state index in [1.807, 2.05) is 11.4 Å². The van der Waals surface area contributed by atoms with Crippen LogP contribution in [-0.4, -0.2) is 27.0 Å². The fraction of sp³-hybridized carbons (Fsp3) is 0.0769.